The number of Topliss-reactive ketones (excluding diaryl/α,β-unsaturated/α-hetero) is 2. The average Bonchev–Trinajstić information content (AvgIpc) is 3.41. The Bertz CT molecular complexity index is 1360. The lowest BCUT2D eigenvalue weighted by Gasteiger charge is -2.50. The molecule has 1 aromatic rings. The van der Waals surface area contributed by atoms with Crippen molar-refractivity contribution in [1.29, 1.82) is 0 Å². The smallest absolute Gasteiger partial charge is 0.255 e. The molecule has 5 atom stereocenters. The van der Waals surface area contributed by atoms with Crippen LogP contribution in [0.15, 0.2) is 23.0 Å². The molecule has 2 fully saturated rings. The number of phenols is 1. The number of carbonyl (C=O) groups is 3. The van der Waals surface area contributed by atoms with E-state index >= 15 is 0 Å². The molecule has 6 N–H and O–H groups in total. The lowest BCUT2D eigenvalue weighted by atomic mass is 9.57. The third-order valence-electron chi connectivity index (χ3n) is 8.90. The minimum Gasteiger partial charge on any atom is -0.508 e. The molecule has 12 heteroatoms. The highest BCUT2D eigenvalue weighted by Gasteiger charge is 2.64. The van der Waals surface area contributed by atoms with Crippen LogP contribution in [0.5, 0.6) is 11.5 Å². The highest BCUT2D eigenvalue weighted by atomic mass is 16.5. The van der Waals surface area contributed by atoms with Gasteiger partial charge in [-0.3, -0.25) is 24.2 Å². The van der Waals surface area contributed by atoms with Crippen LogP contribution in [0.4, 0.5) is 0 Å². The summed E-state index contributed by atoms with van der Waals surface area (Å²) in [7, 11) is 6.57. The van der Waals surface area contributed by atoms with Gasteiger partial charge in [0.1, 0.15) is 28.6 Å². The van der Waals surface area contributed by atoms with Crippen LogP contribution in [-0.4, -0.2) is 107 Å². The average molecular weight is 558 g/mol. The second-order valence-corrected chi connectivity index (χ2v) is 11.3. The molecule has 1 aliphatic heterocycles. The number of nitrogens with zero attached hydrogens (tertiary/aromatic N) is 2. The van der Waals surface area contributed by atoms with Gasteiger partial charge in [-0.1, -0.05) is 0 Å². The Morgan fingerprint density at radius 2 is 1.93 bits per heavy atom. The van der Waals surface area contributed by atoms with Crippen LogP contribution in [0, 0.1) is 11.8 Å². The number of likely N-dealkylation sites (N-methyl/N-ethyl adjacent to an activating group) is 2. The lowest BCUT2D eigenvalue weighted by molar-refractivity contribution is -0.153. The number of hydrogen-bond donors (Lipinski definition) is 5. The van der Waals surface area contributed by atoms with Crippen molar-refractivity contribution >= 4 is 23.2 Å². The minimum atomic E-state index is -2.67. The first-order valence-corrected chi connectivity index (χ1v) is 13.2. The van der Waals surface area contributed by atoms with E-state index in [0.717, 1.165) is 6.42 Å². The minimum absolute atomic E-state index is 0.00347. The van der Waals surface area contributed by atoms with Gasteiger partial charge in [-0.2, -0.15) is 0 Å². The summed E-state index contributed by atoms with van der Waals surface area (Å²) in [5.41, 5.74) is 2.85. The molecule has 40 heavy (non-hydrogen) atoms. The topological polar surface area (TPSA) is 183 Å². The molecule has 1 aromatic carbocycles. The molecule has 0 spiro atoms. The standard InChI is InChI=1S/C28H35N3O9/c1-30(2)21-16-8-12-7-15-19(17(32)9-13(24(15)39-4)10-31(3)14-5-6-40-11-14)22(33)18(12)25(35)28(16,38)26(36)20(23(21)34)27(29)37/h9,12,14,16,21,32-33,36,38H,5-8,10-11H2,1-4H3,(H2,29,37)/t12-,14+,16-,21-,28-/m0/s1. The molecule has 216 valence electrons. The number of primary amides is 1. The number of aromatic hydroxyl groups is 1. The van der Waals surface area contributed by atoms with Gasteiger partial charge < -0.3 is 35.6 Å². The molecule has 1 amide bonds. The predicted molar refractivity (Wildman–Crippen MR) is 141 cm³/mol. The molecule has 5 rings (SSSR count). The summed E-state index contributed by atoms with van der Waals surface area (Å²) < 4.78 is 11.3. The largest absolute Gasteiger partial charge is 0.508 e. The summed E-state index contributed by atoms with van der Waals surface area (Å²) in [6, 6.07) is 0.547. The number of rotatable bonds is 6. The van der Waals surface area contributed by atoms with E-state index < -0.39 is 58.0 Å². The first kappa shape index (κ1) is 28.1. The van der Waals surface area contributed by atoms with Crippen molar-refractivity contribution in [2.45, 2.75) is 43.5 Å². The second kappa shape index (κ2) is 9.88. The van der Waals surface area contributed by atoms with E-state index in [-0.39, 0.29) is 35.8 Å². The van der Waals surface area contributed by atoms with Crippen molar-refractivity contribution in [3.05, 3.63) is 39.7 Å². The molecule has 1 saturated heterocycles. The summed E-state index contributed by atoms with van der Waals surface area (Å²) >= 11 is 0. The zero-order valence-electron chi connectivity index (χ0n) is 22.9. The van der Waals surface area contributed by atoms with Gasteiger partial charge in [-0.15, -0.1) is 0 Å². The summed E-state index contributed by atoms with van der Waals surface area (Å²) in [6.07, 6.45) is 1.05. The van der Waals surface area contributed by atoms with Crippen molar-refractivity contribution in [2.24, 2.45) is 17.6 Å². The molecular formula is C28H35N3O9. The number of phenolic OH excluding ortho intramolecular Hbond substituents is 1. The van der Waals surface area contributed by atoms with Gasteiger partial charge in [-0.25, -0.2) is 0 Å². The highest BCUT2D eigenvalue weighted by molar-refractivity contribution is 6.24. The second-order valence-electron chi connectivity index (χ2n) is 11.3. The van der Waals surface area contributed by atoms with E-state index in [0.29, 0.717) is 36.6 Å². The zero-order chi connectivity index (χ0) is 29.3. The van der Waals surface area contributed by atoms with Gasteiger partial charge >= 0.3 is 0 Å². The van der Waals surface area contributed by atoms with Crippen molar-refractivity contribution < 1.29 is 44.3 Å². The number of fused-ring (bicyclic) bond motifs is 3. The fraction of sp³-hybridized carbons (Fsp3) is 0.536. The molecule has 1 heterocycles. The Labute approximate surface area is 231 Å². The number of aliphatic hydroxyl groups excluding tert-OH is 2. The Morgan fingerprint density at radius 3 is 2.50 bits per heavy atom. The van der Waals surface area contributed by atoms with Crippen molar-refractivity contribution in [1.82, 2.24) is 9.80 Å². The van der Waals surface area contributed by atoms with Crippen LogP contribution in [0.3, 0.4) is 0 Å². The maximum atomic E-state index is 13.9. The van der Waals surface area contributed by atoms with Crippen LogP contribution in [0.1, 0.15) is 29.5 Å². The van der Waals surface area contributed by atoms with E-state index in [4.69, 9.17) is 15.2 Å². The Hall–Kier alpha value is -3.45. The normalized spacial score (nSPS) is 30.1. The fourth-order valence-electron chi connectivity index (χ4n) is 7.00. The van der Waals surface area contributed by atoms with Crippen molar-refractivity contribution in [2.75, 3.05) is 41.5 Å². The van der Waals surface area contributed by atoms with E-state index in [1.54, 1.807) is 14.1 Å². The van der Waals surface area contributed by atoms with Gasteiger partial charge in [0.05, 0.1) is 25.3 Å². The summed E-state index contributed by atoms with van der Waals surface area (Å²) in [4.78, 5) is 42.9. The highest BCUT2D eigenvalue weighted by Crippen LogP contribution is 2.54. The number of methoxy groups -OCH3 is 1. The number of ether oxygens (including phenoxy) is 2. The van der Waals surface area contributed by atoms with E-state index in [9.17, 15) is 34.8 Å². The van der Waals surface area contributed by atoms with Gasteiger partial charge in [0.2, 0.25) is 5.78 Å². The first-order valence-electron chi connectivity index (χ1n) is 13.2. The molecule has 1 saturated carbocycles. The number of nitrogens with two attached hydrogens (primary N) is 1. The summed E-state index contributed by atoms with van der Waals surface area (Å²) in [6.45, 7) is 1.71. The van der Waals surface area contributed by atoms with Crippen LogP contribution in [-0.2, 0) is 32.1 Å². The van der Waals surface area contributed by atoms with Crippen LogP contribution in [0.25, 0.3) is 5.76 Å². The lowest BCUT2D eigenvalue weighted by Crippen LogP contribution is -2.65. The zero-order valence-corrected chi connectivity index (χ0v) is 22.9. The van der Waals surface area contributed by atoms with Gasteiger partial charge in [0.15, 0.2) is 11.4 Å². The number of benzene rings is 1. The number of hydrogen-bond acceptors (Lipinski definition) is 11. The number of ketones is 2. The Balaban J connectivity index is 1.64. The van der Waals surface area contributed by atoms with Crippen LogP contribution in [0.2, 0.25) is 0 Å². The van der Waals surface area contributed by atoms with Gasteiger partial charge in [0, 0.05) is 41.8 Å². The molecule has 0 radical (unpaired) electrons. The third-order valence-corrected chi connectivity index (χ3v) is 8.90. The van der Waals surface area contributed by atoms with E-state index in [1.165, 1.54) is 18.1 Å². The fourth-order valence-corrected chi connectivity index (χ4v) is 7.00. The van der Waals surface area contributed by atoms with Crippen LogP contribution < -0.4 is 10.5 Å². The SMILES string of the molecule is COc1c(CN(C)[C@@H]2CCOC2)cc(O)c2c1C[C@H]1C[C@H]3[C@H](N(C)C)C(=O)C(C(N)=O)=C(O)[C@@]3(O)C(=O)C1=C2O. The number of aliphatic hydroxyl groups is 3. The third kappa shape index (κ3) is 3.92. The van der Waals surface area contributed by atoms with Gasteiger partial charge in [-0.05, 0) is 52.4 Å². The van der Waals surface area contributed by atoms with Gasteiger partial charge in [0.25, 0.3) is 5.91 Å². The maximum absolute atomic E-state index is 13.9. The quantitative estimate of drug-likeness (QED) is 0.301. The number of amides is 1. The van der Waals surface area contributed by atoms with E-state index in [1.807, 2.05) is 7.05 Å². The predicted octanol–water partition coefficient (Wildman–Crippen LogP) is 0.193. The molecule has 4 aliphatic rings. The molecular weight excluding hydrogens is 522 g/mol. The Morgan fingerprint density at radius 1 is 1.23 bits per heavy atom. The molecule has 0 unspecified atom stereocenters. The molecule has 3 aliphatic carbocycles. The van der Waals surface area contributed by atoms with Crippen molar-refractivity contribution in [3.8, 4) is 11.5 Å². The first-order chi connectivity index (χ1) is 18.8. The summed E-state index contributed by atoms with van der Waals surface area (Å²) in [5.74, 6) is -6.38. The van der Waals surface area contributed by atoms with Crippen LogP contribution >= 0.6 is 0 Å². The monoisotopic (exact) mass is 557 g/mol. The molecule has 0 bridgehead atoms. The molecule has 0 aromatic heterocycles. The Kier molecular flexibility index (Phi) is 6.94. The summed E-state index contributed by atoms with van der Waals surface area (Å²) in [5, 5.41) is 45.1. The maximum Gasteiger partial charge on any atom is 0.255 e. The van der Waals surface area contributed by atoms with E-state index in [2.05, 4.69) is 4.90 Å². The van der Waals surface area contributed by atoms with Crippen molar-refractivity contribution in [3.63, 3.8) is 0 Å². The molecule has 12 nitrogen and oxygen atoms in total. The number of carbonyl (C=O) groups excluding carboxylic acids is 3.